The number of aromatic nitrogens is 3. The second kappa shape index (κ2) is 12.2. The van der Waals surface area contributed by atoms with Gasteiger partial charge in [-0.1, -0.05) is 66.8 Å². The van der Waals surface area contributed by atoms with Gasteiger partial charge in [0.25, 0.3) is 0 Å². The highest BCUT2D eigenvalue weighted by Crippen LogP contribution is 2.64. The molecule has 236 valence electrons. The van der Waals surface area contributed by atoms with E-state index >= 15 is 0 Å². The van der Waals surface area contributed by atoms with Crippen molar-refractivity contribution >= 4 is 28.8 Å². The summed E-state index contributed by atoms with van der Waals surface area (Å²) in [5, 5.41) is 18.5. The van der Waals surface area contributed by atoms with E-state index in [1.165, 1.54) is 4.90 Å². The summed E-state index contributed by atoms with van der Waals surface area (Å²) in [6.07, 6.45) is 4.83. The molecular formula is C34H40N6O5. The largest absolute Gasteiger partial charge is 0.395 e. The first kappa shape index (κ1) is 30.7. The van der Waals surface area contributed by atoms with Crippen LogP contribution in [-0.4, -0.2) is 96.0 Å². The van der Waals surface area contributed by atoms with Crippen molar-refractivity contribution < 1.29 is 24.2 Å². The van der Waals surface area contributed by atoms with E-state index in [1.54, 1.807) is 26.6 Å². The summed E-state index contributed by atoms with van der Waals surface area (Å²) in [6, 6.07) is 16.2. The van der Waals surface area contributed by atoms with Gasteiger partial charge in [0.2, 0.25) is 17.7 Å². The minimum Gasteiger partial charge on any atom is -0.395 e. The van der Waals surface area contributed by atoms with Crippen molar-refractivity contribution in [2.75, 3.05) is 26.2 Å². The molecule has 0 saturated carbocycles. The van der Waals surface area contributed by atoms with Crippen molar-refractivity contribution in [3.05, 3.63) is 85.5 Å². The van der Waals surface area contributed by atoms with Crippen LogP contribution in [0, 0.1) is 11.8 Å². The molecule has 0 radical (unpaired) electrons. The van der Waals surface area contributed by atoms with Crippen LogP contribution in [0.4, 0.5) is 0 Å². The summed E-state index contributed by atoms with van der Waals surface area (Å²) in [7, 11) is 0. The third kappa shape index (κ3) is 4.94. The number of para-hydroxylation sites is 1. The van der Waals surface area contributed by atoms with Crippen molar-refractivity contribution in [2.45, 2.75) is 56.6 Å². The maximum absolute atomic E-state index is 14.7. The molecule has 1 spiro atoms. The fourth-order valence-electron chi connectivity index (χ4n) is 7.84. The number of hydrogen-bond donors (Lipinski definition) is 1. The number of fused-ring (bicyclic) bond motifs is 2. The van der Waals surface area contributed by atoms with Gasteiger partial charge in [-0.2, -0.15) is 0 Å². The topological polar surface area (TPSA) is 121 Å². The van der Waals surface area contributed by atoms with E-state index in [2.05, 4.69) is 23.5 Å². The summed E-state index contributed by atoms with van der Waals surface area (Å²) in [5.74, 6) is -2.50. The number of aliphatic hydroxyl groups excluding tert-OH is 1. The van der Waals surface area contributed by atoms with Gasteiger partial charge in [-0.15, -0.1) is 18.3 Å². The first-order valence-corrected chi connectivity index (χ1v) is 15.6. The molecule has 2 unspecified atom stereocenters. The highest BCUT2D eigenvalue weighted by molar-refractivity contribution is 5.99. The fraction of sp³-hybridized carbons (Fsp3) is 0.441. The van der Waals surface area contributed by atoms with Gasteiger partial charge in [-0.3, -0.25) is 14.4 Å². The molecule has 11 nitrogen and oxygen atoms in total. The number of β-amino-alcohol motifs (C(OH)–C–C–N with tert-alkyl or cyclic N) is 1. The van der Waals surface area contributed by atoms with Crippen LogP contribution in [0.15, 0.2) is 79.9 Å². The van der Waals surface area contributed by atoms with Gasteiger partial charge in [0.15, 0.2) is 0 Å². The van der Waals surface area contributed by atoms with E-state index in [0.29, 0.717) is 37.9 Å². The van der Waals surface area contributed by atoms with Gasteiger partial charge in [0.1, 0.15) is 23.8 Å². The van der Waals surface area contributed by atoms with Gasteiger partial charge in [0.05, 0.1) is 29.6 Å². The molecule has 5 atom stereocenters. The quantitative estimate of drug-likeness (QED) is 0.295. The number of ether oxygens (including phenoxy) is 1. The van der Waals surface area contributed by atoms with Crippen LogP contribution in [0.5, 0.6) is 0 Å². The predicted octanol–water partition coefficient (Wildman–Crippen LogP) is 2.77. The first-order chi connectivity index (χ1) is 21.8. The highest BCUT2D eigenvalue weighted by Gasteiger charge is 2.79. The summed E-state index contributed by atoms with van der Waals surface area (Å²) in [4.78, 5) is 48.3. The fourth-order valence-corrected chi connectivity index (χ4v) is 7.84. The lowest BCUT2D eigenvalue weighted by atomic mass is 9.64. The number of rotatable bonds is 13. The van der Waals surface area contributed by atoms with E-state index in [1.807, 2.05) is 61.5 Å². The normalized spacial score (nSPS) is 26.7. The summed E-state index contributed by atoms with van der Waals surface area (Å²) >= 11 is 0. The Balaban J connectivity index is 1.37. The lowest BCUT2D eigenvalue weighted by Crippen LogP contribution is -2.57. The van der Waals surface area contributed by atoms with Crippen LogP contribution in [-0.2, 0) is 32.3 Å². The molecule has 45 heavy (non-hydrogen) atoms. The van der Waals surface area contributed by atoms with E-state index < -0.39 is 29.1 Å². The van der Waals surface area contributed by atoms with Crippen molar-refractivity contribution in [3.63, 3.8) is 0 Å². The van der Waals surface area contributed by atoms with E-state index in [9.17, 15) is 19.5 Å². The van der Waals surface area contributed by atoms with Crippen LogP contribution in [0.2, 0.25) is 0 Å². The minimum absolute atomic E-state index is 0.0501. The molecule has 11 heteroatoms. The Morgan fingerprint density at radius 3 is 2.47 bits per heavy atom. The van der Waals surface area contributed by atoms with Crippen molar-refractivity contribution in [2.24, 2.45) is 11.8 Å². The van der Waals surface area contributed by atoms with Crippen LogP contribution < -0.4 is 0 Å². The number of hydrogen-bond acceptors (Lipinski definition) is 7. The van der Waals surface area contributed by atoms with E-state index in [0.717, 1.165) is 11.1 Å². The number of aliphatic hydroxyl groups is 1. The molecular weight excluding hydrogens is 572 g/mol. The molecule has 3 aromatic rings. The Hall–Kier alpha value is -4.35. The van der Waals surface area contributed by atoms with Crippen LogP contribution in [0.25, 0.3) is 11.0 Å². The minimum atomic E-state index is -1.21. The van der Waals surface area contributed by atoms with Gasteiger partial charge in [0, 0.05) is 26.2 Å². The average molecular weight is 613 g/mol. The van der Waals surface area contributed by atoms with Crippen molar-refractivity contribution in [1.29, 1.82) is 0 Å². The third-order valence-electron chi connectivity index (χ3n) is 9.79. The van der Waals surface area contributed by atoms with E-state index in [4.69, 9.17) is 4.74 Å². The molecule has 4 heterocycles. The molecule has 3 amide bonds. The van der Waals surface area contributed by atoms with Gasteiger partial charge >= 0.3 is 0 Å². The van der Waals surface area contributed by atoms with Crippen molar-refractivity contribution in [3.8, 4) is 0 Å². The smallest absolute Gasteiger partial charge is 0.250 e. The molecule has 1 aromatic heterocycles. The molecule has 3 aliphatic heterocycles. The maximum Gasteiger partial charge on any atom is 0.250 e. The summed E-state index contributed by atoms with van der Waals surface area (Å²) in [6.45, 7) is 10.3. The number of carbonyl (C=O) groups is 3. The summed E-state index contributed by atoms with van der Waals surface area (Å²) < 4.78 is 8.56. The van der Waals surface area contributed by atoms with Crippen LogP contribution in [0.1, 0.15) is 31.7 Å². The van der Waals surface area contributed by atoms with Gasteiger partial charge in [-0.25, -0.2) is 4.68 Å². The monoisotopic (exact) mass is 612 g/mol. The first-order valence-electron chi connectivity index (χ1n) is 15.6. The van der Waals surface area contributed by atoms with Crippen LogP contribution in [0.3, 0.4) is 0 Å². The molecule has 3 aliphatic rings. The molecule has 2 aromatic carbocycles. The molecule has 2 bridgehead atoms. The summed E-state index contributed by atoms with van der Waals surface area (Å²) in [5.41, 5.74) is 0.326. The Bertz CT molecular complexity index is 1610. The van der Waals surface area contributed by atoms with E-state index in [-0.39, 0.29) is 44.1 Å². The molecule has 3 saturated heterocycles. The predicted molar refractivity (Wildman–Crippen MR) is 167 cm³/mol. The number of benzene rings is 2. The second-order valence-electron chi connectivity index (χ2n) is 12.1. The standard InChI is InChI=1S/C34H40N6O5/c1-4-18-37(22-24-12-8-7-9-13-24)30(42)27-28-31(43)39(20-21-41)29(34(28)17-16-33(27,6-3)45-34)32(44)38(19-5-2)23-40-26-15-11-10-14-25(26)35-36-40/h4-5,7-15,27-29,41H,1-2,6,16-23H2,3H3/t27-,28-,29?,33+,34?/m0/s1. The second-order valence-corrected chi connectivity index (χ2v) is 12.1. The lowest BCUT2D eigenvalue weighted by Gasteiger charge is -2.37. The zero-order valence-electron chi connectivity index (χ0n) is 25.6. The average Bonchev–Trinajstić information content (AvgIpc) is 3.78. The zero-order chi connectivity index (χ0) is 31.8. The Morgan fingerprint density at radius 1 is 1.04 bits per heavy atom. The Labute approximate surface area is 262 Å². The Morgan fingerprint density at radius 2 is 1.76 bits per heavy atom. The van der Waals surface area contributed by atoms with Gasteiger partial charge < -0.3 is 24.5 Å². The molecule has 1 N–H and O–H groups in total. The molecule has 3 fully saturated rings. The highest BCUT2D eigenvalue weighted by atomic mass is 16.5. The molecule has 6 rings (SSSR count). The van der Waals surface area contributed by atoms with Crippen LogP contribution >= 0.6 is 0 Å². The Kier molecular flexibility index (Phi) is 8.32. The number of amides is 3. The number of carbonyl (C=O) groups excluding carboxylic acids is 3. The molecule has 0 aliphatic carbocycles. The SMILES string of the molecule is C=CCN(Cn1nnc2ccccc21)C(=O)C1N(CCO)C(=O)[C@@H]2[C@@H](C(=O)N(CC=C)Cc3ccccc3)[C@@]3(CC)CCC12O3. The van der Waals surface area contributed by atoms with Crippen molar-refractivity contribution in [1.82, 2.24) is 29.7 Å². The van der Waals surface area contributed by atoms with Gasteiger partial charge in [-0.05, 0) is 37.0 Å². The maximum atomic E-state index is 14.7. The third-order valence-corrected chi connectivity index (χ3v) is 9.79. The lowest BCUT2D eigenvalue weighted by molar-refractivity contribution is -0.156. The number of nitrogens with zero attached hydrogens (tertiary/aromatic N) is 6. The zero-order valence-corrected chi connectivity index (χ0v) is 25.6. The number of likely N-dealkylation sites (tertiary alicyclic amines) is 1.